The van der Waals surface area contributed by atoms with E-state index in [4.69, 9.17) is 10.5 Å². The highest BCUT2D eigenvalue weighted by molar-refractivity contribution is 5.91. The van der Waals surface area contributed by atoms with E-state index >= 15 is 0 Å². The summed E-state index contributed by atoms with van der Waals surface area (Å²) in [6.07, 6.45) is 2.30. The van der Waals surface area contributed by atoms with Crippen LogP contribution in [0.2, 0.25) is 0 Å². The van der Waals surface area contributed by atoms with E-state index in [1.165, 1.54) is 12.8 Å². The van der Waals surface area contributed by atoms with Gasteiger partial charge in [0, 0.05) is 6.54 Å². The van der Waals surface area contributed by atoms with Gasteiger partial charge in [-0.05, 0) is 39.8 Å². The van der Waals surface area contributed by atoms with Crippen molar-refractivity contribution in [1.29, 1.82) is 0 Å². The third-order valence-corrected chi connectivity index (χ3v) is 3.14. The molecule has 1 fully saturated rings. The molecule has 7 heteroatoms. The molecule has 2 N–H and O–H groups in total. The summed E-state index contributed by atoms with van der Waals surface area (Å²) in [4.78, 5) is 14.1. The fraction of sp³-hybridized carbons (Fsp3) is 0.750. The number of esters is 1. The van der Waals surface area contributed by atoms with E-state index in [1.54, 1.807) is 18.5 Å². The molecular weight excluding hydrogens is 246 g/mol. The van der Waals surface area contributed by atoms with Crippen molar-refractivity contribution < 1.29 is 9.53 Å². The molecule has 0 unspecified atom stereocenters. The van der Waals surface area contributed by atoms with E-state index in [9.17, 15) is 4.79 Å². The lowest BCUT2D eigenvalue weighted by Crippen LogP contribution is -2.25. The molecule has 0 bridgehead atoms. The van der Waals surface area contributed by atoms with Crippen molar-refractivity contribution >= 4 is 11.8 Å². The zero-order valence-corrected chi connectivity index (χ0v) is 11.5. The lowest BCUT2D eigenvalue weighted by Gasteiger charge is -2.14. The topological polar surface area (TPSA) is 86.3 Å². The zero-order chi connectivity index (χ0) is 13.8. The Balaban J connectivity index is 1.95. The van der Waals surface area contributed by atoms with Crippen LogP contribution in [0.25, 0.3) is 0 Å². The molecule has 1 aromatic rings. The summed E-state index contributed by atoms with van der Waals surface area (Å²) in [7, 11) is 0. The van der Waals surface area contributed by atoms with Gasteiger partial charge in [-0.1, -0.05) is 5.21 Å². The Kier molecular flexibility index (Phi) is 4.36. The number of hydrogen-bond donors (Lipinski definition) is 1. The normalized spacial score (nSPS) is 16.2. The van der Waals surface area contributed by atoms with Gasteiger partial charge in [-0.15, -0.1) is 5.10 Å². The Bertz CT molecular complexity index is 437. The maximum Gasteiger partial charge on any atom is 0.363 e. The molecule has 0 spiro atoms. The van der Waals surface area contributed by atoms with E-state index in [-0.39, 0.29) is 17.6 Å². The molecule has 0 saturated carbocycles. The fourth-order valence-corrected chi connectivity index (χ4v) is 2.14. The average molecular weight is 267 g/mol. The SMILES string of the molecule is CC(C)OC(=O)c1nnn(CCN2CCCC2)c1N. The number of nitrogens with zero attached hydrogens (tertiary/aromatic N) is 4. The summed E-state index contributed by atoms with van der Waals surface area (Å²) in [6.45, 7) is 7.34. The number of aromatic nitrogens is 3. The molecule has 0 atom stereocenters. The van der Waals surface area contributed by atoms with Crippen molar-refractivity contribution in [2.24, 2.45) is 0 Å². The average Bonchev–Trinajstić information content (AvgIpc) is 2.95. The highest BCUT2D eigenvalue weighted by Crippen LogP contribution is 2.12. The maximum absolute atomic E-state index is 11.7. The minimum Gasteiger partial charge on any atom is -0.458 e. The van der Waals surface area contributed by atoms with Crippen LogP contribution >= 0.6 is 0 Å². The van der Waals surface area contributed by atoms with Gasteiger partial charge in [0.25, 0.3) is 0 Å². The van der Waals surface area contributed by atoms with Gasteiger partial charge in [0.1, 0.15) is 0 Å². The van der Waals surface area contributed by atoms with Gasteiger partial charge < -0.3 is 15.4 Å². The van der Waals surface area contributed by atoms with Crippen molar-refractivity contribution in [2.75, 3.05) is 25.4 Å². The first-order valence-electron chi connectivity index (χ1n) is 6.70. The Labute approximate surface area is 112 Å². The van der Waals surface area contributed by atoms with Gasteiger partial charge in [0.05, 0.1) is 12.6 Å². The Hall–Kier alpha value is -1.63. The molecule has 1 saturated heterocycles. The highest BCUT2D eigenvalue weighted by Gasteiger charge is 2.20. The Morgan fingerprint density at radius 2 is 2.05 bits per heavy atom. The summed E-state index contributed by atoms with van der Waals surface area (Å²) in [5.74, 6) is -0.232. The van der Waals surface area contributed by atoms with Crippen LogP contribution in [-0.4, -0.2) is 51.6 Å². The van der Waals surface area contributed by atoms with E-state index in [1.807, 2.05) is 0 Å². The summed E-state index contributed by atoms with van der Waals surface area (Å²) in [5, 5.41) is 7.73. The quantitative estimate of drug-likeness (QED) is 0.783. The molecule has 0 amide bonds. The molecule has 0 aliphatic carbocycles. The Morgan fingerprint density at radius 3 is 2.68 bits per heavy atom. The van der Waals surface area contributed by atoms with Crippen molar-refractivity contribution in [2.45, 2.75) is 39.3 Å². The maximum atomic E-state index is 11.7. The second kappa shape index (κ2) is 6.01. The van der Waals surface area contributed by atoms with Crippen LogP contribution in [0.5, 0.6) is 0 Å². The van der Waals surface area contributed by atoms with Gasteiger partial charge in [-0.2, -0.15) is 0 Å². The molecule has 1 aromatic heterocycles. The van der Waals surface area contributed by atoms with Crippen molar-refractivity contribution in [1.82, 2.24) is 19.9 Å². The number of anilines is 1. The Morgan fingerprint density at radius 1 is 1.37 bits per heavy atom. The number of ether oxygens (including phenoxy) is 1. The molecule has 1 aliphatic rings. The summed E-state index contributed by atoms with van der Waals surface area (Å²) >= 11 is 0. The lowest BCUT2D eigenvalue weighted by molar-refractivity contribution is 0.0372. The smallest absolute Gasteiger partial charge is 0.363 e. The molecule has 1 aliphatic heterocycles. The standard InChI is InChI=1S/C12H21N5O2/c1-9(2)19-12(18)10-11(13)17(15-14-10)8-7-16-5-3-4-6-16/h9H,3-8,13H2,1-2H3. The van der Waals surface area contributed by atoms with E-state index in [0.29, 0.717) is 6.54 Å². The number of carbonyl (C=O) groups excluding carboxylic acids is 1. The van der Waals surface area contributed by atoms with E-state index in [2.05, 4.69) is 15.2 Å². The van der Waals surface area contributed by atoms with E-state index < -0.39 is 5.97 Å². The second-order valence-electron chi connectivity index (χ2n) is 5.05. The fourth-order valence-electron chi connectivity index (χ4n) is 2.14. The van der Waals surface area contributed by atoms with Crippen LogP contribution in [0.1, 0.15) is 37.2 Å². The third-order valence-electron chi connectivity index (χ3n) is 3.14. The van der Waals surface area contributed by atoms with Crippen LogP contribution in [-0.2, 0) is 11.3 Å². The zero-order valence-electron chi connectivity index (χ0n) is 11.5. The van der Waals surface area contributed by atoms with Crippen LogP contribution in [0.3, 0.4) is 0 Å². The minimum atomic E-state index is -0.514. The summed E-state index contributed by atoms with van der Waals surface area (Å²) in [5.41, 5.74) is 5.99. The molecule has 2 rings (SSSR count). The van der Waals surface area contributed by atoms with Gasteiger partial charge in [-0.3, -0.25) is 0 Å². The van der Waals surface area contributed by atoms with Gasteiger partial charge in [-0.25, -0.2) is 9.48 Å². The molecule has 106 valence electrons. The minimum absolute atomic E-state index is 0.107. The van der Waals surface area contributed by atoms with Crippen LogP contribution in [0.4, 0.5) is 5.82 Å². The van der Waals surface area contributed by atoms with Gasteiger partial charge >= 0.3 is 5.97 Å². The largest absolute Gasteiger partial charge is 0.458 e. The second-order valence-corrected chi connectivity index (χ2v) is 5.05. The lowest BCUT2D eigenvalue weighted by atomic mass is 10.4. The molecule has 0 aromatic carbocycles. The predicted octanol–water partition coefficient (Wildman–Crippen LogP) is 0.521. The van der Waals surface area contributed by atoms with Gasteiger partial charge in [0.2, 0.25) is 5.69 Å². The summed E-state index contributed by atoms with van der Waals surface area (Å²) in [6, 6.07) is 0. The predicted molar refractivity (Wildman–Crippen MR) is 70.7 cm³/mol. The number of nitrogens with two attached hydrogens (primary N) is 1. The van der Waals surface area contributed by atoms with E-state index in [0.717, 1.165) is 19.6 Å². The number of carbonyl (C=O) groups is 1. The molecule has 2 heterocycles. The monoisotopic (exact) mass is 267 g/mol. The van der Waals surface area contributed by atoms with Crippen LogP contribution in [0.15, 0.2) is 0 Å². The molecule has 19 heavy (non-hydrogen) atoms. The third kappa shape index (κ3) is 3.44. The molecule has 0 radical (unpaired) electrons. The number of likely N-dealkylation sites (tertiary alicyclic amines) is 1. The first kappa shape index (κ1) is 13.8. The number of nitrogen functional groups attached to an aromatic ring is 1. The first-order chi connectivity index (χ1) is 9.08. The molecular formula is C12H21N5O2. The van der Waals surface area contributed by atoms with Crippen molar-refractivity contribution in [3.05, 3.63) is 5.69 Å². The van der Waals surface area contributed by atoms with Crippen LogP contribution < -0.4 is 5.73 Å². The number of hydrogen-bond acceptors (Lipinski definition) is 6. The van der Waals surface area contributed by atoms with Gasteiger partial charge in [0.15, 0.2) is 5.82 Å². The van der Waals surface area contributed by atoms with Crippen molar-refractivity contribution in [3.8, 4) is 0 Å². The van der Waals surface area contributed by atoms with Crippen molar-refractivity contribution in [3.63, 3.8) is 0 Å². The highest BCUT2D eigenvalue weighted by atomic mass is 16.5. The molecule has 7 nitrogen and oxygen atoms in total. The first-order valence-corrected chi connectivity index (χ1v) is 6.70. The summed E-state index contributed by atoms with van der Waals surface area (Å²) < 4.78 is 6.63. The number of rotatable bonds is 5. The van der Waals surface area contributed by atoms with Crippen LogP contribution in [0, 0.1) is 0 Å².